The van der Waals surface area contributed by atoms with E-state index in [1.54, 1.807) is 30.3 Å². The fourth-order valence-corrected chi connectivity index (χ4v) is 2.74. The van der Waals surface area contributed by atoms with Gasteiger partial charge in [0, 0.05) is 23.4 Å². The third-order valence-electron chi connectivity index (χ3n) is 3.25. The van der Waals surface area contributed by atoms with Gasteiger partial charge in [0.05, 0.1) is 19.6 Å². The van der Waals surface area contributed by atoms with Gasteiger partial charge >= 0.3 is 0 Å². The summed E-state index contributed by atoms with van der Waals surface area (Å²) in [5.41, 5.74) is 1.11. The van der Waals surface area contributed by atoms with E-state index in [4.69, 9.17) is 0 Å². The highest BCUT2D eigenvalue weighted by Crippen LogP contribution is 2.11. The van der Waals surface area contributed by atoms with Crippen LogP contribution < -0.4 is 10.6 Å². The first-order valence-corrected chi connectivity index (χ1v) is 9.21. The minimum Gasteiger partial charge on any atom is -0.351 e. The van der Waals surface area contributed by atoms with Crippen molar-refractivity contribution in [2.24, 2.45) is 4.99 Å². The molecule has 1 amide bonds. The molecule has 2 aromatic rings. The lowest BCUT2D eigenvalue weighted by Gasteiger charge is -2.14. The van der Waals surface area contributed by atoms with Gasteiger partial charge in [-0.3, -0.25) is 4.79 Å². The molecule has 0 unspecified atom stereocenters. The zero-order valence-corrected chi connectivity index (χ0v) is 16.2. The van der Waals surface area contributed by atoms with Crippen molar-refractivity contribution in [1.29, 1.82) is 0 Å². The van der Waals surface area contributed by atoms with Gasteiger partial charge in [0.15, 0.2) is 5.96 Å². The number of nitrogens with zero attached hydrogens (tertiary/aromatic N) is 2. The van der Waals surface area contributed by atoms with Crippen LogP contribution in [0.15, 0.2) is 51.2 Å². The average Bonchev–Trinajstić information content (AvgIpc) is 3.08. The first kappa shape index (κ1) is 18.5. The summed E-state index contributed by atoms with van der Waals surface area (Å²) in [5, 5.41) is 8.40. The SMILES string of the molecule is CN(C)C(=O)CNC(=NCc1ccc(Br)cc1)NCc1cccs1. The van der Waals surface area contributed by atoms with Crippen LogP contribution in [0.5, 0.6) is 0 Å². The van der Waals surface area contributed by atoms with Crippen LogP contribution in [0.1, 0.15) is 10.4 Å². The van der Waals surface area contributed by atoms with Crippen LogP contribution in [0.4, 0.5) is 0 Å². The van der Waals surface area contributed by atoms with E-state index in [2.05, 4.69) is 37.6 Å². The van der Waals surface area contributed by atoms with Crippen molar-refractivity contribution >= 4 is 39.1 Å². The molecule has 1 aromatic heterocycles. The molecule has 24 heavy (non-hydrogen) atoms. The zero-order valence-electron chi connectivity index (χ0n) is 13.8. The number of thiophene rings is 1. The van der Waals surface area contributed by atoms with Gasteiger partial charge in [-0.25, -0.2) is 4.99 Å². The van der Waals surface area contributed by atoms with E-state index >= 15 is 0 Å². The van der Waals surface area contributed by atoms with Crippen molar-refractivity contribution in [2.75, 3.05) is 20.6 Å². The molecule has 0 radical (unpaired) electrons. The number of amides is 1. The molecule has 0 aliphatic carbocycles. The second kappa shape index (κ2) is 9.44. The molecule has 0 saturated heterocycles. The summed E-state index contributed by atoms with van der Waals surface area (Å²) < 4.78 is 1.04. The molecule has 1 heterocycles. The number of hydrogen-bond acceptors (Lipinski definition) is 3. The van der Waals surface area contributed by atoms with E-state index in [1.807, 2.05) is 35.7 Å². The molecule has 0 fully saturated rings. The van der Waals surface area contributed by atoms with Gasteiger partial charge in [-0.15, -0.1) is 11.3 Å². The van der Waals surface area contributed by atoms with E-state index < -0.39 is 0 Å². The maximum Gasteiger partial charge on any atom is 0.241 e. The molecule has 0 saturated carbocycles. The van der Waals surface area contributed by atoms with Crippen LogP contribution in [0, 0.1) is 0 Å². The van der Waals surface area contributed by atoms with Crippen molar-refractivity contribution < 1.29 is 4.79 Å². The Labute approximate surface area is 154 Å². The molecule has 128 valence electrons. The van der Waals surface area contributed by atoms with Gasteiger partial charge < -0.3 is 15.5 Å². The van der Waals surface area contributed by atoms with Crippen molar-refractivity contribution in [3.8, 4) is 0 Å². The number of hydrogen-bond donors (Lipinski definition) is 2. The number of nitrogens with one attached hydrogen (secondary N) is 2. The summed E-state index contributed by atoms with van der Waals surface area (Å²) in [4.78, 5) is 19.1. The number of carbonyl (C=O) groups is 1. The highest BCUT2D eigenvalue weighted by atomic mass is 79.9. The summed E-state index contributed by atoms with van der Waals surface area (Å²) in [6, 6.07) is 12.1. The molecule has 0 atom stereocenters. The Morgan fingerprint density at radius 2 is 1.96 bits per heavy atom. The fraction of sp³-hybridized carbons (Fsp3) is 0.294. The van der Waals surface area contributed by atoms with Crippen LogP contribution in [-0.4, -0.2) is 37.4 Å². The lowest BCUT2D eigenvalue weighted by atomic mass is 10.2. The quantitative estimate of drug-likeness (QED) is 0.570. The molecular weight excluding hydrogens is 388 g/mol. The number of halogens is 1. The smallest absolute Gasteiger partial charge is 0.241 e. The van der Waals surface area contributed by atoms with Crippen molar-refractivity contribution in [3.05, 3.63) is 56.7 Å². The Bertz CT molecular complexity index is 668. The summed E-state index contributed by atoms with van der Waals surface area (Å²) in [7, 11) is 3.48. The van der Waals surface area contributed by atoms with Gasteiger partial charge in [0.25, 0.3) is 0 Å². The Morgan fingerprint density at radius 3 is 2.58 bits per heavy atom. The maximum atomic E-state index is 11.8. The highest BCUT2D eigenvalue weighted by molar-refractivity contribution is 9.10. The zero-order chi connectivity index (χ0) is 17.4. The van der Waals surface area contributed by atoms with Crippen LogP contribution in [0.25, 0.3) is 0 Å². The number of guanidine groups is 1. The van der Waals surface area contributed by atoms with E-state index in [1.165, 1.54) is 4.88 Å². The Morgan fingerprint density at radius 1 is 1.21 bits per heavy atom. The standard InChI is InChI=1S/C17H21BrN4OS/c1-22(2)16(23)12-21-17(20-11-15-4-3-9-24-15)19-10-13-5-7-14(18)8-6-13/h3-9H,10-12H2,1-2H3,(H2,19,20,21). The van der Waals surface area contributed by atoms with Gasteiger partial charge in [-0.1, -0.05) is 34.1 Å². The number of carbonyl (C=O) groups excluding carboxylic acids is 1. The third-order valence-corrected chi connectivity index (χ3v) is 4.65. The minimum absolute atomic E-state index is 0.00395. The number of benzene rings is 1. The predicted octanol–water partition coefficient (Wildman–Crippen LogP) is 2.83. The molecule has 5 nitrogen and oxygen atoms in total. The van der Waals surface area contributed by atoms with E-state index in [0.717, 1.165) is 10.0 Å². The Hall–Kier alpha value is -1.86. The van der Waals surface area contributed by atoms with Crippen LogP contribution >= 0.6 is 27.3 Å². The summed E-state index contributed by atoms with van der Waals surface area (Å²) >= 11 is 5.11. The van der Waals surface area contributed by atoms with Crippen LogP contribution in [0.2, 0.25) is 0 Å². The molecule has 1 aromatic carbocycles. The molecule has 0 spiro atoms. The molecule has 2 rings (SSSR count). The second-order valence-electron chi connectivity index (χ2n) is 5.37. The van der Waals surface area contributed by atoms with E-state index in [0.29, 0.717) is 19.0 Å². The molecule has 2 N–H and O–H groups in total. The monoisotopic (exact) mass is 408 g/mol. The number of likely N-dealkylation sites (N-methyl/N-ethyl adjacent to an activating group) is 1. The predicted molar refractivity (Wildman–Crippen MR) is 103 cm³/mol. The van der Waals surface area contributed by atoms with Crippen LogP contribution in [0.3, 0.4) is 0 Å². The molecular formula is C17H21BrN4OS. The average molecular weight is 409 g/mol. The summed E-state index contributed by atoms with van der Waals surface area (Å²) in [6.45, 7) is 1.44. The van der Waals surface area contributed by atoms with E-state index in [-0.39, 0.29) is 12.5 Å². The van der Waals surface area contributed by atoms with Crippen LogP contribution in [-0.2, 0) is 17.9 Å². The maximum absolute atomic E-state index is 11.8. The Balaban J connectivity index is 1.98. The van der Waals surface area contributed by atoms with Gasteiger partial charge in [-0.2, -0.15) is 0 Å². The molecule has 0 aliphatic rings. The molecule has 7 heteroatoms. The lowest BCUT2D eigenvalue weighted by molar-refractivity contribution is -0.127. The van der Waals surface area contributed by atoms with Gasteiger partial charge in [0.2, 0.25) is 5.91 Å². The minimum atomic E-state index is 0.00395. The number of rotatable bonds is 6. The van der Waals surface area contributed by atoms with Gasteiger partial charge in [0.1, 0.15) is 0 Å². The topological polar surface area (TPSA) is 56.7 Å². The van der Waals surface area contributed by atoms with Gasteiger partial charge in [-0.05, 0) is 29.1 Å². The molecule has 0 aliphatic heterocycles. The highest BCUT2D eigenvalue weighted by Gasteiger charge is 2.06. The fourth-order valence-electron chi connectivity index (χ4n) is 1.84. The van der Waals surface area contributed by atoms with E-state index in [9.17, 15) is 4.79 Å². The largest absolute Gasteiger partial charge is 0.351 e. The first-order valence-electron chi connectivity index (χ1n) is 7.54. The third kappa shape index (κ3) is 6.33. The lowest BCUT2D eigenvalue weighted by Crippen LogP contribution is -2.42. The van der Waals surface area contributed by atoms with Crippen molar-refractivity contribution in [2.45, 2.75) is 13.1 Å². The number of aliphatic imine (C=N–C) groups is 1. The second-order valence-corrected chi connectivity index (χ2v) is 7.31. The normalized spacial score (nSPS) is 11.2. The Kier molecular flexibility index (Phi) is 7.27. The van der Waals surface area contributed by atoms with Crippen molar-refractivity contribution in [1.82, 2.24) is 15.5 Å². The molecule has 0 bridgehead atoms. The van der Waals surface area contributed by atoms with Crippen molar-refractivity contribution in [3.63, 3.8) is 0 Å². The summed E-state index contributed by atoms with van der Waals surface area (Å²) in [6.07, 6.45) is 0. The first-order chi connectivity index (χ1) is 11.5. The summed E-state index contributed by atoms with van der Waals surface area (Å²) in [5.74, 6) is 0.630.